The molecule has 0 aliphatic carbocycles. The summed E-state index contributed by atoms with van der Waals surface area (Å²) in [7, 11) is 0. The van der Waals surface area contributed by atoms with E-state index in [4.69, 9.17) is 4.74 Å². The first kappa shape index (κ1) is 21.9. The van der Waals surface area contributed by atoms with Gasteiger partial charge in [-0.15, -0.1) is 0 Å². The zero-order chi connectivity index (χ0) is 23.1. The van der Waals surface area contributed by atoms with Gasteiger partial charge in [-0.25, -0.2) is 9.97 Å². The monoisotopic (exact) mass is 439 g/mol. The van der Waals surface area contributed by atoms with Gasteiger partial charge in [0, 0.05) is 6.07 Å². The number of nitrogens with zero attached hydrogens (tertiary/aromatic N) is 4. The molecule has 0 aliphatic heterocycles. The Morgan fingerprint density at radius 3 is 2.41 bits per heavy atom. The third-order valence-corrected chi connectivity index (χ3v) is 4.08. The van der Waals surface area contributed by atoms with E-state index >= 15 is 0 Å². The molecule has 164 valence electrons. The Morgan fingerprint density at radius 1 is 1.00 bits per heavy atom. The Hall–Kier alpha value is -4.81. The summed E-state index contributed by atoms with van der Waals surface area (Å²) in [6.07, 6.45) is 1.05. The van der Waals surface area contributed by atoms with Gasteiger partial charge in [-0.05, 0) is 25.1 Å². The molecule has 0 bridgehead atoms. The van der Waals surface area contributed by atoms with Crippen LogP contribution < -0.4 is 20.9 Å². The van der Waals surface area contributed by atoms with E-state index in [1.807, 2.05) is 0 Å². The van der Waals surface area contributed by atoms with E-state index in [0.717, 1.165) is 6.33 Å². The highest BCUT2D eigenvalue weighted by Crippen LogP contribution is 2.34. The third kappa shape index (κ3) is 4.84. The summed E-state index contributed by atoms with van der Waals surface area (Å²) in [5.74, 6) is -0.892. The number of nitro benzene ring substituents is 1. The molecule has 1 heterocycles. The molecular weight excluding hydrogens is 422 g/mol. The van der Waals surface area contributed by atoms with Crippen molar-refractivity contribution in [2.24, 2.45) is 0 Å². The van der Waals surface area contributed by atoms with Crippen molar-refractivity contribution in [2.75, 3.05) is 17.3 Å². The second-order valence-corrected chi connectivity index (χ2v) is 6.08. The largest absolute Gasteiger partial charge is 0.492 e. The number of hydrogen-bond donors (Lipinski definition) is 3. The van der Waals surface area contributed by atoms with Crippen molar-refractivity contribution >= 4 is 34.6 Å². The van der Waals surface area contributed by atoms with E-state index < -0.39 is 27.1 Å². The lowest BCUT2D eigenvalue weighted by Crippen LogP contribution is -2.30. The zero-order valence-electron chi connectivity index (χ0n) is 16.6. The van der Waals surface area contributed by atoms with Gasteiger partial charge < -0.3 is 10.1 Å². The summed E-state index contributed by atoms with van der Waals surface area (Å²) in [6.45, 7) is 2.18. The van der Waals surface area contributed by atoms with Crippen molar-refractivity contribution in [3.8, 4) is 5.75 Å². The molecule has 0 radical (unpaired) electrons. The summed E-state index contributed by atoms with van der Waals surface area (Å²) in [5.41, 5.74) is 3.76. The van der Waals surface area contributed by atoms with Crippen LogP contribution in [-0.4, -0.2) is 32.3 Å². The van der Waals surface area contributed by atoms with Crippen LogP contribution in [0.4, 0.5) is 28.7 Å². The summed E-state index contributed by atoms with van der Waals surface area (Å²) >= 11 is 0. The minimum atomic E-state index is -0.874. The van der Waals surface area contributed by atoms with E-state index in [1.165, 1.54) is 24.3 Å². The van der Waals surface area contributed by atoms with Gasteiger partial charge >= 0.3 is 5.69 Å². The lowest BCUT2D eigenvalue weighted by molar-refractivity contribution is -0.385. The Morgan fingerprint density at radius 2 is 1.69 bits per heavy atom. The molecule has 13 heteroatoms. The van der Waals surface area contributed by atoms with E-state index in [0.29, 0.717) is 18.0 Å². The number of amides is 1. The van der Waals surface area contributed by atoms with Gasteiger partial charge in [0.15, 0.2) is 0 Å². The van der Waals surface area contributed by atoms with Crippen LogP contribution in [0.1, 0.15) is 17.3 Å². The van der Waals surface area contributed by atoms with Gasteiger partial charge in [0.1, 0.15) is 17.6 Å². The van der Waals surface area contributed by atoms with Gasteiger partial charge in [-0.3, -0.25) is 35.9 Å². The van der Waals surface area contributed by atoms with Gasteiger partial charge in [-0.1, -0.05) is 24.3 Å². The van der Waals surface area contributed by atoms with Gasteiger partial charge in [0.05, 0.1) is 22.1 Å². The third-order valence-electron chi connectivity index (χ3n) is 4.08. The number of para-hydroxylation sites is 3. The molecular formula is C19H17N7O6. The smallest absolute Gasteiger partial charge is 0.355 e. The number of carbonyl (C=O) groups is 1. The molecule has 0 atom stereocenters. The van der Waals surface area contributed by atoms with Crippen LogP contribution in [0.25, 0.3) is 0 Å². The highest BCUT2D eigenvalue weighted by Gasteiger charge is 2.25. The standard InChI is InChI=1S/C19H17N7O6/c1-2-32-15-10-6-4-8-13(15)22-17-16(26(30)31)18(21-11-20-17)23-24-19(27)12-7-3-5-9-14(12)25(28)29/h3-11H,2H2,1H3,(H,24,27)(H2,20,21,22,23). The van der Waals surface area contributed by atoms with Crippen LogP contribution in [0.15, 0.2) is 54.9 Å². The molecule has 3 rings (SSSR count). The number of hydrogen-bond acceptors (Lipinski definition) is 10. The van der Waals surface area contributed by atoms with Crippen LogP contribution in [-0.2, 0) is 0 Å². The summed E-state index contributed by atoms with van der Waals surface area (Å²) < 4.78 is 5.49. The van der Waals surface area contributed by atoms with Crippen molar-refractivity contribution in [1.29, 1.82) is 0 Å². The Balaban J connectivity index is 1.87. The van der Waals surface area contributed by atoms with Crippen molar-refractivity contribution in [2.45, 2.75) is 6.92 Å². The molecule has 0 aliphatic rings. The normalized spacial score (nSPS) is 10.2. The number of benzene rings is 2. The minimum absolute atomic E-state index is 0.153. The molecule has 0 saturated carbocycles. The molecule has 2 aromatic carbocycles. The second-order valence-electron chi connectivity index (χ2n) is 6.08. The van der Waals surface area contributed by atoms with Crippen LogP contribution in [0.2, 0.25) is 0 Å². The Bertz CT molecular complexity index is 1170. The van der Waals surface area contributed by atoms with Crippen LogP contribution >= 0.6 is 0 Å². The molecule has 0 fully saturated rings. The molecule has 0 spiro atoms. The fraction of sp³-hybridized carbons (Fsp3) is 0.105. The van der Waals surface area contributed by atoms with E-state index in [1.54, 1.807) is 31.2 Å². The Kier molecular flexibility index (Phi) is 6.70. The van der Waals surface area contributed by atoms with Crippen molar-refractivity contribution in [1.82, 2.24) is 15.4 Å². The predicted molar refractivity (Wildman–Crippen MR) is 114 cm³/mol. The van der Waals surface area contributed by atoms with Crippen molar-refractivity contribution in [3.05, 3.63) is 80.7 Å². The maximum absolute atomic E-state index is 12.4. The maximum Gasteiger partial charge on any atom is 0.355 e. The molecule has 3 N–H and O–H groups in total. The summed E-state index contributed by atoms with van der Waals surface area (Å²) in [6, 6.07) is 12.1. The first-order valence-corrected chi connectivity index (χ1v) is 9.20. The predicted octanol–water partition coefficient (Wildman–Crippen LogP) is 3.19. The summed E-state index contributed by atoms with van der Waals surface area (Å²) in [5, 5.41) is 25.7. The average molecular weight is 439 g/mol. The van der Waals surface area contributed by atoms with Crippen LogP contribution in [0, 0.1) is 20.2 Å². The minimum Gasteiger partial charge on any atom is -0.492 e. The van der Waals surface area contributed by atoms with Crippen LogP contribution in [0.5, 0.6) is 5.75 Å². The highest BCUT2D eigenvalue weighted by molar-refractivity contribution is 5.98. The molecule has 0 unspecified atom stereocenters. The first-order valence-electron chi connectivity index (χ1n) is 9.20. The van der Waals surface area contributed by atoms with E-state index in [2.05, 4.69) is 26.1 Å². The first-order chi connectivity index (χ1) is 15.4. The number of aromatic nitrogens is 2. The average Bonchev–Trinajstić information content (AvgIpc) is 2.78. The number of rotatable bonds is 9. The molecule has 0 saturated heterocycles. The number of ether oxygens (including phenoxy) is 1. The topological polar surface area (TPSA) is 174 Å². The van der Waals surface area contributed by atoms with Gasteiger partial charge in [0.2, 0.25) is 11.6 Å². The second kappa shape index (κ2) is 9.80. The lowest BCUT2D eigenvalue weighted by Gasteiger charge is -2.13. The van der Waals surface area contributed by atoms with Crippen LogP contribution in [0.3, 0.4) is 0 Å². The van der Waals surface area contributed by atoms with Crippen molar-refractivity contribution < 1.29 is 19.4 Å². The quantitative estimate of drug-likeness (QED) is 0.332. The fourth-order valence-corrected chi connectivity index (χ4v) is 2.72. The highest BCUT2D eigenvalue weighted by atomic mass is 16.6. The molecule has 32 heavy (non-hydrogen) atoms. The number of carbonyl (C=O) groups excluding carboxylic acids is 1. The van der Waals surface area contributed by atoms with Crippen molar-refractivity contribution in [3.63, 3.8) is 0 Å². The molecule has 13 nitrogen and oxygen atoms in total. The summed E-state index contributed by atoms with van der Waals surface area (Å²) in [4.78, 5) is 41.5. The SMILES string of the molecule is CCOc1ccccc1Nc1ncnc(NNC(=O)c2ccccc2[N+](=O)[O-])c1[N+](=O)[O-]. The zero-order valence-corrected chi connectivity index (χ0v) is 16.6. The fourth-order valence-electron chi connectivity index (χ4n) is 2.72. The Labute approximate surface area is 180 Å². The number of nitro groups is 2. The number of nitrogens with one attached hydrogen (secondary N) is 3. The molecule has 1 aromatic heterocycles. The lowest BCUT2D eigenvalue weighted by atomic mass is 10.2. The van der Waals surface area contributed by atoms with E-state index in [9.17, 15) is 25.0 Å². The van der Waals surface area contributed by atoms with Gasteiger partial charge in [0.25, 0.3) is 11.6 Å². The maximum atomic E-state index is 12.4. The number of anilines is 3. The van der Waals surface area contributed by atoms with E-state index in [-0.39, 0.29) is 17.2 Å². The van der Waals surface area contributed by atoms with Gasteiger partial charge in [-0.2, -0.15) is 0 Å². The number of hydrazine groups is 1. The molecule has 3 aromatic rings. The molecule has 1 amide bonds.